The van der Waals surface area contributed by atoms with Gasteiger partial charge in [0.25, 0.3) is 12.0 Å². The van der Waals surface area contributed by atoms with Gasteiger partial charge < -0.3 is 24.2 Å². The monoisotopic (exact) mass is 563 g/mol. The smallest absolute Gasteiger partial charge is 0.459 e. The van der Waals surface area contributed by atoms with Gasteiger partial charge in [0.05, 0.1) is 12.7 Å². The zero-order chi connectivity index (χ0) is 28.3. The normalized spacial score (nSPS) is 25.8. The van der Waals surface area contributed by atoms with Crippen molar-refractivity contribution < 1.29 is 46.9 Å². The molecule has 2 heterocycles. The van der Waals surface area contributed by atoms with Gasteiger partial charge in [-0.2, -0.15) is 5.09 Å². The second-order valence-corrected chi connectivity index (χ2v) is 10.4. The molecule has 4 N–H and O–H groups in total. The Bertz CT molecular complexity index is 1270. The number of esters is 1. The van der Waals surface area contributed by atoms with Crippen LogP contribution >= 0.6 is 7.75 Å². The number of ether oxygens (including phenoxy) is 2. The number of aromatic nitrogens is 2. The van der Waals surface area contributed by atoms with E-state index in [1.807, 2.05) is 4.98 Å². The molecule has 0 saturated carbocycles. The van der Waals surface area contributed by atoms with Gasteiger partial charge in [0, 0.05) is 12.3 Å². The number of aliphatic hydroxyl groups is 2. The molecule has 38 heavy (non-hydrogen) atoms. The number of rotatable bonds is 11. The third-order valence-electron chi connectivity index (χ3n) is 5.44. The molecule has 0 radical (unpaired) electrons. The van der Waals surface area contributed by atoms with Crippen LogP contribution in [0.25, 0.3) is 0 Å². The average Bonchev–Trinajstić information content (AvgIpc) is 3.09. The van der Waals surface area contributed by atoms with E-state index >= 15 is 0 Å². The molecule has 0 bridgehead atoms. The van der Waals surface area contributed by atoms with Crippen molar-refractivity contribution in [3.8, 4) is 5.75 Å². The molecular formula is C22H28F2N3O10P. The van der Waals surface area contributed by atoms with Crippen molar-refractivity contribution in [1.29, 1.82) is 0 Å². The molecule has 210 valence electrons. The highest BCUT2D eigenvalue weighted by Crippen LogP contribution is 2.49. The van der Waals surface area contributed by atoms with Gasteiger partial charge >= 0.3 is 19.4 Å². The molecule has 6 atom stereocenters. The molecule has 0 spiro atoms. The van der Waals surface area contributed by atoms with Crippen molar-refractivity contribution in [1.82, 2.24) is 14.6 Å². The van der Waals surface area contributed by atoms with Crippen molar-refractivity contribution >= 4 is 13.7 Å². The lowest BCUT2D eigenvalue weighted by molar-refractivity contribution is -0.192. The number of nitrogens with zero attached hydrogens (tertiary/aromatic N) is 1. The van der Waals surface area contributed by atoms with Crippen LogP contribution in [0, 0.1) is 0 Å². The average molecular weight is 563 g/mol. The van der Waals surface area contributed by atoms with Gasteiger partial charge in [-0.25, -0.2) is 18.1 Å². The minimum atomic E-state index is -4.66. The fourth-order valence-electron chi connectivity index (χ4n) is 3.54. The number of aliphatic hydroxyl groups excluding tert-OH is 2. The molecule has 0 aliphatic carbocycles. The lowest BCUT2D eigenvalue weighted by atomic mass is 9.96. The first kappa shape index (κ1) is 29.6. The topological polar surface area (TPSA) is 178 Å². The van der Waals surface area contributed by atoms with Crippen molar-refractivity contribution in [3.05, 3.63) is 63.4 Å². The third kappa shape index (κ3) is 6.54. The van der Waals surface area contributed by atoms with Gasteiger partial charge in [-0.05, 0) is 32.9 Å². The minimum Gasteiger partial charge on any atom is -0.462 e. The molecule has 3 rings (SSSR count). The Hall–Kier alpha value is -2.94. The summed E-state index contributed by atoms with van der Waals surface area (Å²) < 4.78 is 63.9. The Labute approximate surface area is 214 Å². The van der Waals surface area contributed by atoms with Crippen LogP contribution in [0.1, 0.15) is 27.0 Å². The van der Waals surface area contributed by atoms with Gasteiger partial charge in [-0.1, -0.05) is 18.2 Å². The standard InChI is InChI=1S/C22H28F2N3O10P/c1-12(2)35-19(31)13(3)26-38(33,37-14-7-5-4-6-8-14)34-11-22(20(23)24)17(30)16(29)18(36-22)27-10-9-15(28)25-21(27)32/h4-10,12-13,16-18,20,29-30H,11H2,1-3H3,(H,26,33)(H,25,28,32)/t13-,16-,17-,18+,22+,38?/m0/s1. The fraction of sp³-hybridized carbons (Fsp3) is 0.500. The summed E-state index contributed by atoms with van der Waals surface area (Å²) in [6.45, 7) is 3.13. The van der Waals surface area contributed by atoms with Gasteiger partial charge in [0.2, 0.25) is 0 Å². The Balaban J connectivity index is 1.90. The van der Waals surface area contributed by atoms with Crippen molar-refractivity contribution in [3.63, 3.8) is 0 Å². The van der Waals surface area contributed by atoms with Crippen LogP contribution in [0.2, 0.25) is 0 Å². The summed E-state index contributed by atoms with van der Waals surface area (Å²) in [4.78, 5) is 37.6. The van der Waals surface area contributed by atoms with Crippen LogP contribution in [-0.2, 0) is 23.4 Å². The maximum atomic E-state index is 14.4. The summed E-state index contributed by atoms with van der Waals surface area (Å²) in [6.07, 6.45) is -9.46. The molecule has 1 saturated heterocycles. The zero-order valence-electron chi connectivity index (χ0n) is 20.5. The van der Waals surface area contributed by atoms with Crippen LogP contribution in [-0.4, -0.2) is 68.7 Å². The highest BCUT2D eigenvalue weighted by molar-refractivity contribution is 7.52. The Morgan fingerprint density at radius 1 is 1.21 bits per heavy atom. The van der Waals surface area contributed by atoms with Gasteiger partial charge in [-0.15, -0.1) is 0 Å². The van der Waals surface area contributed by atoms with Crippen LogP contribution in [0.5, 0.6) is 5.75 Å². The summed E-state index contributed by atoms with van der Waals surface area (Å²) in [6, 6.07) is 7.06. The number of H-pyrrole nitrogens is 1. The highest BCUT2D eigenvalue weighted by atomic mass is 31.2. The number of carbonyl (C=O) groups excluding carboxylic acids is 1. The van der Waals surface area contributed by atoms with Crippen LogP contribution in [0.4, 0.5) is 8.78 Å². The number of hydrogen-bond donors (Lipinski definition) is 4. The summed E-state index contributed by atoms with van der Waals surface area (Å²) in [5.74, 6) is -0.849. The molecule has 1 fully saturated rings. The molecule has 1 unspecified atom stereocenters. The Morgan fingerprint density at radius 2 is 1.87 bits per heavy atom. The first-order valence-electron chi connectivity index (χ1n) is 11.4. The molecule has 1 aliphatic heterocycles. The summed E-state index contributed by atoms with van der Waals surface area (Å²) in [5, 5.41) is 23.3. The van der Waals surface area contributed by atoms with Crippen LogP contribution in [0.15, 0.2) is 52.2 Å². The fourth-order valence-corrected chi connectivity index (χ4v) is 5.07. The molecule has 1 aromatic heterocycles. The Kier molecular flexibility index (Phi) is 9.23. The second-order valence-electron chi connectivity index (χ2n) is 8.73. The zero-order valence-corrected chi connectivity index (χ0v) is 21.4. The molecule has 2 aromatic rings. The second kappa shape index (κ2) is 11.8. The number of nitrogens with one attached hydrogen (secondary N) is 2. The Morgan fingerprint density at radius 3 is 2.45 bits per heavy atom. The van der Waals surface area contributed by atoms with Crippen molar-refractivity contribution in [2.24, 2.45) is 0 Å². The number of benzene rings is 1. The van der Waals surface area contributed by atoms with Crippen LogP contribution < -0.4 is 20.9 Å². The summed E-state index contributed by atoms with van der Waals surface area (Å²) in [5.41, 5.74) is -4.89. The van der Waals surface area contributed by atoms with Crippen LogP contribution in [0.3, 0.4) is 0 Å². The maximum absolute atomic E-state index is 14.4. The van der Waals surface area contributed by atoms with E-state index in [1.165, 1.54) is 31.2 Å². The van der Waals surface area contributed by atoms with E-state index in [1.54, 1.807) is 19.9 Å². The van der Waals surface area contributed by atoms with E-state index in [0.29, 0.717) is 4.57 Å². The molecule has 1 aromatic carbocycles. The number of para-hydroxylation sites is 1. The predicted molar refractivity (Wildman–Crippen MR) is 127 cm³/mol. The first-order valence-corrected chi connectivity index (χ1v) is 12.9. The number of alkyl halides is 2. The predicted octanol–water partition coefficient (Wildman–Crippen LogP) is 0.925. The maximum Gasteiger partial charge on any atom is 0.459 e. The number of hydrogen-bond acceptors (Lipinski definition) is 10. The highest BCUT2D eigenvalue weighted by Gasteiger charge is 2.61. The van der Waals surface area contributed by atoms with Crippen molar-refractivity contribution in [2.75, 3.05) is 6.61 Å². The van der Waals surface area contributed by atoms with E-state index in [4.69, 9.17) is 18.5 Å². The van der Waals surface area contributed by atoms with E-state index < -0.39 is 74.2 Å². The quantitative estimate of drug-likeness (QED) is 0.226. The molecule has 16 heteroatoms. The number of halogens is 2. The SMILES string of the molecule is CC(C)OC(=O)[C@H](C)NP(=O)(OC[C@@]1(C(F)F)O[C@@H](n2ccc(=O)[nH]c2=O)[C@@H](O)[C@@H]1O)Oc1ccccc1. The largest absolute Gasteiger partial charge is 0.462 e. The lowest BCUT2D eigenvalue weighted by Gasteiger charge is -2.32. The molecule has 0 amide bonds. The number of carbonyl (C=O) groups is 1. The molecule has 13 nitrogen and oxygen atoms in total. The van der Waals surface area contributed by atoms with Gasteiger partial charge in [0.1, 0.15) is 24.0 Å². The van der Waals surface area contributed by atoms with E-state index in [2.05, 4.69) is 5.09 Å². The van der Waals surface area contributed by atoms with E-state index in [-0.39, 0.29) is 5.75 Å². The van der Waals surface area contributed by atoms with Gasteiger partial charge in [0.15, 0.2) is 11.8 Å². The molecular weight excluding hydrogens is 535 g/mol. The summed E-state index contributed by atoms with van der Waals surface area (Å²) >= 11 is 0. The minimum absolute atomic E-state index is 0.00977. The van der Waals surface area contributed by atoms with E-state index in [0.717, 1.165) is 12.3 Å². The first-order chi connectivity index (χ1) is 17.8. The lowest BCUT2D eigenvalue weighted by Crippen LogP contribution is -2.53. The molecule has 1 aliphatic rings. The van der Waals surface area contributed by atoms with Crippen molar-refractivity contribution in [2.45, 2.75) is 63.4 Å². The third-order valence-corrected chi connectivity index (χ3v) is 7.06. The number of aromatic amines is 1. The van der Waals surface area contributed by atoms with Gasteiger partial charge in [-0.3, -0.25) is 23.7 Å². The van der Waals surface area contributed by atoms with E-state index in [9.17, 15) is 37.9 Å². The summed E-state index contributed by atoms with van der Waals surface area (Å²) in [7, 11) is -4.66.